The highest BCUT2D eigenvalue weighted by Crippen LogP contribution is 2.61. The number of aliphatic hydroxyl groups is 2. The minimum Gasteiger partial charge on any atom is -0.386 e. The number of carbonyl (C=O) groups excluding carboxylic acids is 3. The number of phosphoric acid groups is 3. The SMILES string of the molecule is CCCC/C=C/CCCCCCC(=O)SCCNC(=O)CCNC(=O)C(O)C(C)(C)COP(=O)(O)OP(=O)(O)OCC1OC(n2cnc3c(N)ncnc32)C(O)C1OP(=O)(O)O. The first-order valence-corrected chi connectivity index (χ1v) is 25.3. The number of nitrogen functional groups attached to an aromatic ring is 1. The zero-order valence-corrected chi connectivity index (χ0v) is 38.1. The third-order valence-electron chi connectivity index (χ3n) is 9.16. The maximum Gasteiger partial charge on any atom is 0.481 e. The van der Waals surface area contributed by atoms with Crippen molar-refractivity contribution in [2.45, 2.75) is 116 Å². The van der Waals surface area contributed by atoms with E-state index in [-0.39, 0.29) is 41.6 Å². The normalized spacial score (nSPS) is 20.9. The van der Waals surface area contributed by atoms with Gasteiger partial charge in [-0.25, -0.2) is 28.6 Å². The minimum absolute atomic E-state index is 0.0324. The lowest BCUT2D eigenvalue weighted by Gasteiger charge is -2.30. The molecule has 352 valence electrons. The van der Waals surface area contributed by atoms with Crippen molar-refractivity contribution in [3.63, 3.8) is 0 Å². The van der Waals surface area contributed by atoms with Gasteiger partial charge in [-0.15, -0.1) is 0 Å². The summed E-state index contributed by atoms with van der Waals surface area (Å²) in [6.07, 6.45) is 6.54. The van der Waals surface area contributed by atoms with Crippen LogP contribution in [-0.2, 0) is 50.7 Å². The molecule has 3 heterocycles. The van der Waals surface area contributed by atoms with Crippen molar-refractivity contribution in [2.75, 3.05) is 37.8 Å². The summed E-state index contributed by atoms with van der Waals surface area (Å²) in [4.78, 5) is 88.1. The van der Waals surface area contributed by atoms with Crippen LogP contribution in [0.2, 0.25) is 0 Å². The lowest BCUT2D eigenvalue weighted by atomic mass is 9.87. The number of nitrogens with two attached hydrogens (primary N) is 1. The summed E-state index contributed by atoms with van der Waals surface area (Å²) >= 11 is 1.14. The van der Waals surface area contributed by atoms with Gasteiger partial charge >= 0.3 is 23.5 Å². The third-order valence-corrected chi connectivity index (χ3v) is 13.2. The van der Waals surface area contributed by atoms with E-state index in [2.05, 4.69) is 53.5 Å². The maximum atomic E-state index is 12.7. The average molecular weight is 962 g/mol. The van der Waals surface area contributed by atoms with E-state index in [1.54, 1.807) is 0 Å². The Balaban J connectivity index is 1.37. The molecule has 2 amide bonds. The molecule has 62 heavy (non-hydrogen) atoms. The number of nitrogens with one attached hydrogen (secondary N) is 2. The van der Waals surface area contributed by atoms with E-state index < -0.39 is 84.6 Å². The Labute approximate surface area is 362 Å². The Kier molecular flexibility index (Phi) is 21.7. The second kappa shape index (κ2) is 25.1. The number of ether oxygens (including phenoxy) is 1. The number of unbranched alkanes of at least 4 members (excludes halogenated alkanes) is 6. The van der Waals surface area contributed by atoms with E-state index in [9.17, 15) is 57.9 Å². The van der Waals surface area contributed by atoms with Gasteiger partial charge in [0.2, 0.25) is 11.8 Å². The van der Waals surface area contributed by atoms with E-state index in [0.717, 1.165) is 67.5 Å². The van der Waals surface area contributed by atoms with Gasteiger partial charge in [0.25, 0.3) is 0 Å². The summed E-state index contributed by atoms with van der Waals surface area (Å²) in [6, 6.07) is 0. The highest BCUT2D eigenvalue weighted by Gasteiger charge is 2.50. The Morgan fingerprint density at radius 1 is 0.968 bits per heavy atom. The molecular formula is C34H58N7O17P3S. The molecule has 2 aromatic heterocycles. The van der Waals surface area contributed by atoms with Crippen LogP contribution in [0.25, 0.3) is 11.2 Å². The fourth-order valence-electron chi connectivity index (χ4n) is 5.81. The Morgan fingerprint density at radius 2 is 1.65 bits per heavy atom. The number of rotatable bonds is 29. The fraction of sp³-hybridized carbons (Fsp3) is 0.706. The molecule has 7 atom stereocenters. The van der Waals surface area contributed by atoms with Gasteiger partial charge in [-0.05, 0) is 25.7 Å². The van der Waals surface area contributed by atoms with Crippen molar-refractivity contribution in [1.29, 1.82) is 0 Å². The molecule has 0 spiro atoms. The summed E-state index contributed by atoms with van der Waals surface area (Å²) in [6.45, 7) is 2.72. The predicted molar refractivity (Wildman–Crippen MR) is 223 cm³/mol. The topological polar surface area (TPSA) is 364 Å². The van der Waals surface area contributed by atoms with Crippen LogP contribution in [0.3, 0.4) is 0 Å². The second-order valence-corrected chi connectivity index (χ2v) is 20.2. The van der Waals surface area contributed by atoms with E-state index in [1.807, 2.05) is 0 Å². The van der Waals surface area contributed by atoms with Crippen molar-refractivity contribution >= 4 is 69.1 Å². The number of phosphoric ester groups is 3. The largest absolute Gasteiger partial charge is 0.481 e. The van der Waals surface area contributed by atoms with Gasteiger partial charge in [0.15, 0.2) is 22.8 Å². The number of aliphatic hydroxyl groups excluding tert-OH is 2. The zero-order chi connectivity index (χ0) is 46.1. The number of hydrogen-bond acceptors (Lipinski definition) is 18. The van der Waals surface area contributed by atoms with Crippen LogP contribution in [0.5, 0.6) is 0 Å². The molecular weight excluding hydrogens is 903 g/mol. The van der Waals surface area contributed by atoms with Crippen LogP contribution >= 0.6 is 35.2 Å². The molecule has 2 aromatic rings. The molecule has 7 unspecified atom stereocenters. The summed E-state index contributed by atoms with van der Waals surface area (Å²) in [5.41, 5.74) is 4.28. The number of imidazole rings is 1. The lowest BCUT2D eigenvalue weighted by Crippen LogP contribution is -2.46. The van der Waals surface area contributed by atoms with Crippen molar-refractivity contribution in [3.8, 4) is 0 Å². The first kappa shape index (κ1) is 53.6. The first-order chi connectivity index (χ1) is 29.1. The second-order valence-electron chi connectivity index (χ2n) is 14.9. The van der Waals surface area contributed by atoms with Gasteiger partial charge in [-0.1, -0.05) is 70.4 Å². The summed E-state index contributed by atoms with van der Waals surface area (Å²) in [5, 5.41) is 26.6. The van der Waals surface area contributed by atoms with E-state index in [0.29, 0.717) is 12.2 Å². The number of allylic oxidation sites excluding steroid dienone is 2. The number of amides is 2. The molecule has 3 rings (SSSR count). The van der Waals surface area contributed by atoms with Gasteiger partial charge < -0.3 is 50.9 Å². The zero-order valence-electron chi connectivity index (χ0n) is 34.6. The van der Waals surface area contributed by atoms with Crippen molar-refractivity contribution < 1.29 is 80.5 Å². The number of hydrogen-bond donors (Lipinski definition) is 9. The molecule has 28 heteroatoms. The van der Waals surface area contributed by atoms with Crippen molar-refractivity contribution in [1.82, 2.24) is 30.2 Å². The molecule has 24 nitrogen and oxygen atoms in total. The van der Waals surface area contributed by atoms with Gasteiger partial charge in [0.05, 0.1) is 19.5 Å². The molecule has 1 fully saturated rings. The first-order valence-electron chi connectivity index (χ1n) is 19.8. The minimum atomic E-state index is -5.57. The molecule has 0 saturated carbocycles. The van der Waals surface area contributed by atoms with E-state index in [1.165, 1.54) is 26.7 Å². The summed E-state index contributed by atoms with van der Waals surface area (Å²) < 4.78 is 62.3. The van der Waals surface area contributed by atoms with Crippen LogP contribution in [0.1, 0.15) is 91.2 Å². The number of fused-ring (bicyclic) bond motifs is 1. The Hall–Kier alpha value is -2.70. The van der Waals surface area contributed by atoms with Crippen LogP contribution in [0.15, 0.2) is 24.8 Å². The van der Waals surface area contributed by atoms with Crippen LogP contribution in [0, 0.1) is 5.41 Å². The van der Waals surface area contributed by atoms with Crippen molar-refractivity contribution in [2.24, 2.45) is 5.41 Å². The van der Waals surface area contributed by atoms with Crippen LogP contribution in [0.4, 0.5) is 5.82 Å². The molecule has 0 aromatic carbocycles. The molecule has 1 aliphatic rings. The smallest absolute Gasteiger partial charge is 0.386 e. The molecule has 10 N–H and O–H groups in total. The number of nitrogens with zero attached hydrogens (tertiary/aromatic N) is 4. The molecule has 0 aliphatic carbocycles. The molecule has 0 bridgehead atoms. The molecule has 0 radical (unpaired) electrons. The number of carbonyl (C=O) groups is 3. The highest BCUT2D eigenvalue weighted by atomic mass is 32.2. The average Bonchev–Trinajstić information content (AvgIpc) is 3.75. The van der Waals surface area contributed by atoms with Gasteiger partial charge in [0, 0.05) is 37.1 Å². The summed E-state index contributed by atoms with van der Waals surface area (Å²) in [5.74, 6) is -1.04. The van der Waals surface area contributed by atoms with Gasteiger partial charge in [0.1, 0.15) is 36.3 Å². The van der Waals surface area contributed by atoms with Crippen molar-refractivity contribution in [3.05, 3.63) is 24.8 Å². The molecule has 1 aliphatic heterocycles. The summed E-state index contributed by atoms with van der Waals surface area (Å²) in [7, 11) is -16.4. The van der Waals surface area contributed by atoms with E-state index >= 15 is 0 Å². The predicted octanol–water partition coefficient (Wildman–Crippen LogP) is 2.75. The van der Waals surface area contributed by atoms with E-state index in [4.69, 9.17) is 19.5 Å². The standard InChI is InChI=1S/C34H58N7O17P3S/c1-4-5-6-7-8-9-10-11-12-13-14-25(43)62-18-17-36-24(42)15-16-37-32(46)29(45)34(2,3)20-55-61(52,53)58-60(50,51)54-19-23-28(57-59(47,48)49)27(44)33(56-23)41-22-40-26-30(35)38-21-39-31(26)41/h7-8,21-23,27-29,33,44-45H,4-6,9-20H2,1-3H3,(H,36,42)(H,37,46)(H,50,51)(H,52,53)(H2,35,38,39)(H2,47,48,49)/b8-7+. The lowest BCUT2D eigenvalue weighted by molar-refractivity contribution is -0.137. The maximum absolute atomic E-state index is 12.7. The molecule has 1 saturated heterocycles. The number of anilines is 1. The highest BCUT2D eigenvalue weighted by molar-refractivity contribution is 8.13. The van der Waals surface area contributed by atoms with Gasteiger partial charge in [-0.2, -0.15) is 4.31 Å². The monoisotopic (exact) mass is 961 g/mol. The van der Waals surface area contributed by atoms with Crippen LogP contribution < -0.4 is 16.4 Å². The Morgan fingerprint density at radius 3 is 2.34 bits per heavy atom. The number of aromatic nitrogens is 4. The third kappa shape index (κ3) is 18.4. The van der Waals surface area contributed by atoms with Crippen LogP contribution in [-0.4, -0.2) is 123 Å². The fourth-order valence-corrected chi connectivity index (χ4v) is 9.36. The number of thioether (sulfide) groups is 1. The quantitative estimate of drug-likeness (QED) is 0.0321. The van der Waals surface area contributed by atoms with Gasteiger partial charge in [-0.3, -0.25) is 32.5 Å². The Bertz CT molecular complexity index is 1950.